The summed E-state index contributed by atoms with van der Waals surface area (Å²) < 4.78 is 1.20. The number of hydrogen-bond donors (Lipinski definition) is 1. The number of nitrogens with two attached hydrogens (primary N) is 1. The van der Waals surface area contributed by atoms with Crippen LogP contribution in [0.5, 0.6) is 0 Å². The standard InChI is InChI=1S/C17H23N3S/c1-10-19-15-8-16(14(18)7-17(15)21-10)20(2)9-13-6-11-3-4-12(13)5-11/h7-8,11-13H,3-6,9,18H2,1-2H3. The van der Waals surface area contributed by atoms with Crippen molar-refractivity contribution in [1.82, 2.24) is 4.98 Å². The molecule has 2 saturated carbocycles. The minimum Gasteiger partial charge on any atom is -0.397 e. The summed E-state index contributed by atoms with van der Waals surface area (Å²) in [4.78, 5) is 6.96. The molecule has 1 heterocycles. The van der Waals surface area contributed by atoms with Crippen LogP contribution in [-0.4, -0.2) is 18.6 Å². The van der Waals surface area contributed by atoms with Crippen molar-refractivity contribution in [2.24, 2.45) is 17.8 Å². The van der Waals surface area contributed by atoms with Gasteiger partial charge >= 0.3 is 0 Å². The quantitative estimate of drug-likeness (QED) is 0.869. The Hall–Kier alpha value is -1.29. The Morgan fingerprint density at radius 2 is 2.19 bits per heavy atom. The zero-order valence-corrected chi connectivity index (χ0v) is 13.6. The zero-order chi connectivity index (χ0) is 14.6. The van der Waals surface area contributed by atoms with Gasteiger partial charge in [0.15, 0.2) is 0 Å². The van der Waals surface area contributed by atoms with E-state index in [0.717, 1.165) is 46.2 Å². The predicted molar refractivity (Wildman–Crippen MR) is 91.0 cm³/mol. The van der Waals surface area contributed by atoms with Gasteiger partial charge in [0.1, 0.15) is 0 Å². The van der Waals surface area contributed by atoms with Gasteiger partial charge in [0.2, 0.25) is 0 Å². The van der Waals surface area contributed by atoms with Gasteiger partial charge in [-0.15, -0.1) is 11.3 Å². The van der Waals surface area contributed by atoms with E-state index in [1.54, 1.807) is 11.3 Å². The SMILES string of the molecule is Cc1nc2cc(N(C)CC3CC4CCC3C4)c(N)cc2s1. The lowest BCUT2D eigenvalue weighted by atomic mass is 9.88. The fourth-order valence-corrected chi connectivity index (χ4v) is 5.33. The lowest BCUT2D eigenvalue weighted by molar-refractivity contribution is 0.337. The molecule has 2 aromatic rings. The van der Waals surface area contributed by atoms with E-state index in [-0.39, 0.29) is 0 Å². The van der Waals surface area contributed by atoms with Crippen molar-refractivity contribution >= 4 is 32.9 Å². The molecule has 1 aromatic carbocycles. The molecule has 2 aliphatic rings. The summed E-state index contributed by atoms with van der Waals surface area (Å²) in [6, 6.07) is 4.26. The van der Waals surface area contributed by atoms with Crippen LogP contribution in [0.4, 0.5) is 11.4 Å². The maximum atomic E-state index is 6.28. The first-order valence-electron chi connectivity index (χ1n) is 7.98. The fourth-order valence-electron chi connectivity index (χ4n) is 4.47. The number of rotatable bonds is 3. The second-order valence-electron chi connectivity index (χ2n) is 6.93. The number of nitrogen functional groups attached to an aromatic ring is 1. The molecule has 4 heteroatoms. The molecule has 3 atom stereocenters. The monoisotopic (exact) mass is 301 g/mol. The Morgan fingerprint density at radius 1 is 1.33 bits per heavy atom. The molecule has 0 amide bonds. The number of aromatic nitrogens is 1. The zero-order valence-electron chi connectivity index (χ0n) is 12.8. The molecule has 2 bridgehead atoms. The highest BCUT2D eigenvalue weighted by Crippen LogP contribution is 2.48. The molecule has 112 valence electrons. The maximum absolute atomic E-state index is 6.28. The molecular formula is C17H23N3S. The molecule has 0 spiro atoms. The number of thiazole rings is 1. The van der Waals surface area contributed by atoms with Crippen molar-refractivity contribution in [3.8, 4) is 0 Å². The molecule has 0 aliphatic heterocycles. The molecule has 2 fully saturated rings. The number of fused-ring (bicyclic) bond motifs is 3. The van der Waals surface area contributed by atoms with E-state index in [2.05, 4.69) is 36.0 Å². The summed E-state index contributed by atoms with van der Waals surface area (Å²) in [5.41, 5.74) is 9.40. The van der Waals surface area contributed by atoms with E-state index in [4.69, 9.17) is 5.73 Å². The summed E-state index contributed by atoms with van der Waals surface area (Å²) >= 11 is 1.72. The average molecular weight is 301 g/mol. The van der Waals surface area contributed by atoms with E-state index in [9.17, 15) is 0 Å². The van der Waals surface area contributed by atoms with E-state index in [0.29, 0.717) is 0 Å². The lowest BCUT2D eigenvalue weighted by Crippen LogP contribution is -2.29. The van der Waals surface area contributed by atoms with Crippen LogP contribution in [0, 0.1) is 24.7 Å². The van der Waals surface area contributed by atoms with Crippen LogP contribution in [0.15, 0.2) is 12.1 Å². The molecule has 4 rings (SSSR count). The van der Waals surface area contributed by atoms with Gasteiger partial charge in [-0.3, -0.25) is 0 Å². The van der Waals surface area contributed by atoms with Crippen molar-refractivity contribution in [2.45, 2.75) is 32.6 Å². The Balaban J connectivity index is 1.58. The van der Waals surface area contributed by atoms with Crippen molar-refractivity contribution in [3.05, 3.63) is 17.1 Å². The molecule has 21 heavy (non-hydrogen) atoms. The molecule has 3 unspecified atom stereocenters. The Morgan fingerprint density at radius 3 is 2.90 bits per heavy atom. The van der Waals surface area contributed by atoms with Gasteiger partial charge in [-0.2, -0.15) is 0 Å². The molecular weight excluding hydrogens is 278 g/mol. The van der Waals surface area contributed by atoms with Crippen molar-refractivity contribution in [2.75, 3.05) is 24.2 Å². The van der Waals surface area contributed by atoms with Crippen LogP contribution in [0.3, 0.4) is 0 Å². The smallest absolute Gasteiger partial charge is 0.0907 e. The number of hydrogen-bond acceptors (Lipinski definition) is 4. The fraction of sp³-hybridized carbons (Fsp3) is 0.588. The first-order valence-corrected chi connectivity index (χ1v) is 8.79. The Bertz CT molecular complexity index is 678. The average Bonchev–Trinajstić information content (AvgIpc) is 3.11. The minimum absolute atomic E-state index is 0.862. The molecule has 0 saturated heterocycles. The summed E-state index contributed by atoms with van der Waals surface area (Å²) in [6.07, 6.45) is 5.81. The number of anilines is 2. The van der Waals surface area contributed by atoms with Gasteiger partial charge in [-0.05, 0) is 56.1 Å². The summed E-state index contributed by atoms with van der Waals surface area (Å²) in [7, 11) is 2.18. The van der Waals surface area contributed by atoms with Gasteiger partial charge in [0, 0.05) is 13.6 Å². The molecule has 2 N–H and O–H groups in total. The van der Waals surface area contributed by atoms with Crippen LogP contribution in [0.1, 0.15) is 30.7 Å². The second kappa shape index (κ2) is 4.87. The second-order valence-corrected chi connectivity index (χ2v) is 8.16. The van der Waals surface area contributed by atoms with Crippen LogP contribution < -0.4 is 10.6 Å². The largest absolute Gasteiger partial charge is 0.397 e. The van der Waals surface area contributed by atoms with E-state index < -0.39 is 0 Å². The van der Waals surface area contributed by atoms with E-state index >= 15 is 0 Å². The van der Waals surface area contributed by atoms with Gasteiger partial charge in [0.25, 0.3) is 0 Å². The van der Waals surface area contributed by atoms with Gasteiger partial charge in [0.05, 0.1) is 26.6 Å². The third-order valence-corrected chi connectivity index (χ3v) is 6.38. The first kappa shape index (κ1) is 13.4. The van der Waals surface area contributed by atoms with Crippen molar-refractivity contribution in [1.29, 1.82) is 0 Å². The highest BCUT2D eigenvalue weighted by molar-refractivity contribution is 7.18. The van der Waals surface area contributed by atoms with Crippen LogP contribution >= 0.6 is 11.3 Å². The third-order valence-electron chi connectivity index (χ3n) is 5.45. The number of aryl methyl sites for hydroxylation is 1. The Labute approximate surface area is 130 Å². The van der Waals surface area contributed by atoms with Gasteiger partial charge in [-0.25, -0.2) is 4.98 Å². The minimum atomic E-state index is 0.862. The highest BCUT2D eigenvalue weighted by atomic mass is 32.1. The van der Waals surface area contributed by atoms with Crippen molar-refractivity contribution < 1.29 is 0 Å². The first-order chi connectivity index (χ1) is 10.1. The maximum Gasteiger partial charge on any atom is 0.0907 e. The Kier molecular flexibility index (Phi) is 3.10. The number of nitrogens with zero attached hydrogens (tertiary/aromatic N) is 2. The van der Waals surface area contributed by atoms with Crippen LogP contribution in [0.25, 0.3) is 10.2 Å². The van der Waals surface area contributed by atoms with Gasteiger partial charge in [-0.1, -0.05) is 6.42 Å². The molecule has 2 aliphatic carbocycles. The highest BCUT2D eigenvalue weighted by Gasteiger charge is 2.39. The van der Waals surface area contributed by atoms with Crippen LogP contribution in [0.2, 0.25) is 0 Å². The van der Waals surface area contributed by atoms with Gasteiger partial charge < -0.3 is 10.6 Å². The molecule has 3 nitrogen and oxygen atoms in total. The predicted octanol–water partition coefficient (Wildman–Crippen LogP) is 4.06. The topological polar surface area (TPSA) is 42.2 Å². The normalized spacial score (nSPS) is 27.6. The van der Waals surface area contributed by atoms with Crippen LogP contribution in [-0.2, 0) is 0 Å². The van der Waals surface area contributed by atoms with E-state index in [1.165, 1.54) is 30.4 Å². The third kappa shape index (κ3) is 2.30. The number of benzene rings is 1. The van der Waals surface area contributed by atoms with Crippen molar-refractivity contribution in [3.63, 3.8) is 0 Å². The summed E-state index contributed by atoms with van der Waals surface area (Å²) in [6.45, 7) is 3.19. The molecule has 1 aromatic heterocycles. The lowest BCUT2D eigenvalue weighted by Gasteiger charge is -2.29. The van der Waals surface area contributed by atoms with E-state index in [1.807, 2.05) is 0 Å². The summed E-state index contributed by atoms with van der Waals surface area (Å²) in [5.74, 6) is 2.83. The molecule has 0 radical (unpaired) electrons. The summed E-state index contributed by atoms with van der Waals surface area (Å²) in [5, 5.41) is 1.11.